The third kappa shape index (κ3) is 3.40. The van der Waals surface area contributed by atoms with Crippen molar-refractivity contribution in [1.82, 2.24) is 5.48 Å². The Bertz CT molecular complexity index is 304. The van der Waals surface area contributed by atoms with Gasteiger partial charge in [-0.05, 0) is 12.2 Å². The lowest BCUT2D eigenvalue weighted by molar-refractivity contribution is 0.157. The Balaban J connectivity index is 2.42. The lowest BCUT2D eigenvalue weighted by atomic mass is 10.3. The Labute approximate surface area is 70.4 Å². The van der Waals surface area contributed by atoms with Crippen LogP contribution in [-0.4, -0.2) is 18.7 Å². The third-order valence-electron chi connectivity index (χ3n) is 1.26. The van der Waals surface area contributed by atoms with Crippen LogP contribution in [0.15, 0.2) is 24.1 Å². The summed E-state index contributed by atoms with van der Waals surface area (Å²) in [5.74, 6) is -0.303. The van der Waals surface area contributed by atoms with Crippen LogP contribution in [0.5, 0.6) is 0 Å². The van der Waals surface area contributed by atoms with Crippen molar-refractivity contribution in [2.24, 2.45) is 0 Å². The summed E-state index contributed by atoms with van der Waals surface area (Å²) in [6, 6.07) is 0. The largest absolute Gasteiger partial charge is 0.390 e. The van der Waals surface area contributed by atoms with Gasteiger partial charge in [0.2, 0.25) is 0 Å². The maximum absolute atomic E-state index is 10.3. The summed E-state index contributed by atoms with van der Waals surface area (Å²) in [5.41, 5.74) is 3.11. The normalized spacial score (nSPS) is 16.2. The van der Waals surface area contributed by atoms with E-state index in [1.165, 1.54) is 6.26 Å². The molecule has 0 amide bonds. The van der Waals surface area contributed by atoms with Crippen molar-refractivity contribution >= 4 is 10.1 Å². The average Bonchev–Trinajstić information content (AvgIpc) is 2.02. The van der Waals surface area contributed by atoms with Crippen LogP contribution in [0.3, 0.4) is 0 Å². The molecular formula is C6H9NO4S. The van der Waals surface area contributed by atoms with Gasteiger partial charge in [0.25, 0.3) is 10.1 Å². The molecule has 12 heavy (non-hydrogen) atoms. The molecule has 1 rings (SSSR count). The van der Waals surface area contributed by atoms with Crippen molar-refractivity contribution in [3.8, 4) is 0 Å². The van der Waals surface area contributed by atoms with Crippen LogP contribution in [0.4, 0.5) is 0 Å². The van der Waals surface area contributed by atoms with E-state index in [-0.39, 0.29) is 12.2 Å². The summed E-state index contributed by atoms with van der Waals surface area (Å²) in [7, 11) is -3.88. The molecule has 0 aliphatic carbocycles. The summed E-state index contributed by atoms with van der Waals surface area (Å²) in [4.78, 5) is 4.67. The second kappa shape index (κ2) is 3.59. The van der Waals surface area contributed by atoms with Gasteiger partial charge < -0.3 is 4.84 Å². The van der Waals surface area contributed by atoms with Crippen molar-refractivity contribution in [2.45, 2.75) is 6.42 Å². The molecule has 6 heteroatoms. The van der Waals surface area contributed by atoms with Crippen molar-refractivity contribution in [3.63, 3.8) is 0 Å². The Morgan fingerprint density at radius 2 is 2.33 bits per heavy atom. The minimum Gasteiger partial charge on any atom is -0.390 e. The van der Waals surface area contributed by atoms with Gasteiger partial charge in [-0.25, -0.2) is 5.48 Å². The first kappa shape index (κ1) is 9.08. The number of rotatable bonds is 3. The van der Waals surface area contributed by atoms with E-state index in [9.17, 15) is 8.42 Å². The van der Waals surface area contributed by atoms with Gasteiger partial charge in [-0.2, -0.15) is 8.42 Å². The minimum absolute atomic E-state index is 0.211. The molecule has 5 nitrogen and oxygen atoms in total. The average molecular weight is 191 g/mol. The van der Waals surface area contributed by atoms with Crippen molar-refractivity contribution in [1.29, 1.82) is 0 Å². The summed E-state index contributed by atoms with van der Waals surface area (Å²) >= 11 is 0. The highest BCUT2D eigenvalue weighted by atomic mass is 32.2. The zero-order valence-corrected chi connectivity index (χ0v) is 7.04. The first-order chi connectivity index (χ1) is 5.58. The van der Waals surface area contributed by atoms with E-state index in [1.54, 1.807) is 12.2 Å². The standard InChI is InChI=1S/C6H9NO4S/c8-12(9,10)5-3-6-2-1-4-11-7-6/h1-2,4,7H,3,5H2,(H,8,9,10). The second-order valence-electron chi connectivity index (χ2n) is 2.28. The van der Waals surface area contributed by atoms with Crippen LogP contribution in [0.1, 0.15) is 6.42 Å². The van der Waals surface area contributed by atoms with E-state index in [1.807, 2.05) is 0 Å². The molecular weight excluding hydrogens is 182 g/mol. The zero-order chi connectivity index (χ0) is 9.03. The molecule has 68 valence electrons. The molecule has 1 aliphatic rings. The molecule has 0 atom stereocenters. The minimum atomic E-state index is -3.88. The number of hydrogen-bond donors (Lipinski definition) is 2. The van der Waals surface area contributed by atoms with Crippen LogP contribution in [0.25, 0.3) is 0 Å². The lowest BCUT2D eigenvalue weighted by Gasteiger charge is -2.10. The van der Waals surface area contributed by atoms with E-state index < -0.39 is 10.1 Å². The number of hydrogen-bond acceptors (Lipinski definition) is 4. The highest BCUT2D eigenvalue weighted by molar-refractivity contribution is 7.85. The molecule has 0 saturated carbocycles. The number of hydroxylamine groups is 1. The predicted molar refractivity (Wildman–Crippen MR) is 42.5 cm³/mol. The fourth-order valence-electron chi connectivity index (χ4n) is 0.712. The Morgan fingerprint density at radius 3 is 2.83 bits per heavy atom. The highest BCUT2D eigenvalue weighted by Crippen LogP contribution is 2.03. The van der Waals surface area contributed by atoms with Gasteiger partial charge in [-0.1, -0.05) is 0 Å². The van der Waals surface area contributed by atoms with Crippen LogP contribution < -0.4 is 5.48 Å². The maximum atomic E-state index is 10.3. The van der Waals surface area contributed by atoms with E-state index in [0.29, 0.717) is 5.70 Å². The maximum Gasteiger partial charge on any atom is 0.265 e. The van der Waals surface area contributed by atoms with Gasteiger partial charge in [0.15, 0.2) is 0 Å². The summed E-state index contributed by atoms with van der Waals surface area (Å²) in [5, 5.41) is 0. The molecule has 1 aliphatic heterocycles. The van der Waals surface area contributed by atoms with E-state index in [4.69, 9.17) is 4.55 Å². The Hall–Kier alpha value is -1.01. The quantitative estimate of drug-likeness (QED) is 0.623. The van der Waals surface area contributed by atoms with Crippen LogP contribution in [-0.2, 0) is 15.0 Å². The molecule has 0 fully saturated rings. The van der Waals surface area contributed by atoms with Crippen molar-refractivity contribution < 1.29 is 17.8 Å². The molecule has 0 aromatic heterocycles. The van der Waals surface area contributed by atoms with Crippen molar-refractivity contribution in [2.75, 3.05) is 5.75 Å². The lowest BCUT2D eigenvalue weighted by Crippen LogP contribution is -2.16. The van der Waals surface area contributed by atoms with E-state index in [2.05, 4.69) is 10.3 Å². The Morgan fingerprint density at radius 1 is 1.58 bits per heavy atom. The van der Waals surface area contributed by atoms with Gasteiger partial charge in [-0.3, -0.25) is 4.55 Å². The van der Waals surface area contributed by atoms with E-state index >= 15 is 0 Å². The monoisotopic (exact) mass is 191 g/mol. The summed E-state index contributed by atoms with van der Waals surface area (Å²) in [6.07, 6.45) is 4.95. The van der Waals surface area contributed by atoms with Crippen LogP contribution in [0, 0.1) is 0 Å². The summed E-state index contributed by atoms with van der Waals surface area (Å²) < 4.78 is 29.0. The van der Waals surface area contributed by atoms with Gasteiger partial charge in [-0.15, -0.1) is 0 Å². The Kier molecular flexibility index (Phi) is 2.72. The first-order valence-corrected chi connectivity index (χ1v) is 4.91. The zero-order valence-electron chi connectivity index (χ0n) is 6.23. The molecule has 0 saturated heterocycles. The van der Waals surface area contributed by atoms with Crippen LogP contribution in [0.2, 0.25) is 0 Å². The molecule has 1 heterocycles. The number of allylic oxidation sites excluding steroid dienone is 3. The van der Waals surface area contributed by atoms with Gasteiger partial charge >= 0.3 is 0 Å². The van der Waals surface area contributed by atoms with Gasteiger partial charge in [0.1, 0.15) is 6.26 Å². The van der Waals surface area contributed by atoms with Crippen LogP contribution >= 0.6 is 0 Å². The fourth-order valence-corrected chi connectivity index (χ4v) is 1.19. The topological polar surface area (TPSA) is 75.6 Å². The van der Waals surface area contributed by atoms with Crippen molar-refractivity contribution in [3.05, 3.63) is 24.1 Å². The molecule has 0 aromatic rings. The molecule has 0 aromatic carbocycles. The number of nitrogens with one attached hydrogen (secondary N) is 1. The molecule has 0 radical (unpaired) electrons. The molecule has 0 spiro atoms. The highest BCUT2D eigenvalue weighted by Gasteiger charge is 2.07. The SMILES string of the molecule is O=S(=O)(O)CCC1=CC=CON1. The van der Waals surface area contributed by atoms with Gasteiger partial charge in [0, 0.05) is 6.42 Å². The fraction of sp³-hybridized carbons (Fsp3) is 0.333. The second-order valence-corrected chi connectivity index (χ2v) is 3.85. The van der Waals surface area contributed by atoms with E-state index in [0.717, 1.165) is 0 Å². The third-order valence-corrected chi connectivity index (χ3v) is 1.98. The smallest absolute Gasteiger partial charge is 0.265 e. The molecule has 0 bridgehead atoms. The first-order valence-electron chi connectivity index (χ1n) is 3.30. The molecule has 2 N–H and O–H groups in total. The molecule has 0 unspecified atom stereocenters. The van der Waals surface area contributed by atoms with Gasteiger partial charge in [0.05, 0.1) is 11.4 Å². The predicted octanol–water partition coefficient (Wildman–Crippen LogP) is 0.197. The summed E-state index contributed by atoms with van der Waals surface area (Å²) in [6.45, 7) is 0.